The number of esters is 1. The van der Waals surface area contributed by atoms with Crippen molar-refractivity contribution in [2.45, 2.75) is 32.7 Å². The smallest absolute Gasteiger partial charge is 0.416 e. The van der Waals surface area contributed by atoms with Gasteiger partial charge in [0.05, 0.1) is 5.70 Å². The van der Waals surface area contributed by atoms with Crippen molar-refractivity contribution in [3.8, 4) is 0 Å². The van der Waals surface area contributed by atoms with Gasteiger partial charge in [-0.25, -0.2) is 19.4 Å². The van der Waals surface area contributed by atoms with Gasteiger partial charge in [0.25, 0.3) is 0 Å². The summed E-state index contributed by atoms with van der Waals surface area (Å²) in [5.41, 5.74) is 7.73. The average molecular weight is 575 g/mol. The van der Waals surface area contributed by atoms with Gasteiger partial charge >= 0.3 is 18.0 Å². The van der Waals surface area contributed by atoms with Crippen molar-refractivity contribution in [3.05, 3.63) is 59.0 Å². The van der Waals surface area contributed by atoms with Gasteiger partial charge in [-0.3, -0.25) is 9.89 Å². The molecule has 0 bridgehead atoms. The summed E-state index contributed by atoms with van der Waals surface area (Å²) in [6.45, 7) is 9.65. The number of allylic oxidation sites excluding steroid dienone is 4. The van der Waals surface area contributed by atoms with Gasteiger partial charge in [0.2, 0.25) is 12.7 Å². The van der Waals surface area contributed by atoms with Gasteiger partial charge in [0.1, 0.15) is 5.70 Å². The molecule has 2 rings (SSSR count). The number of hydrogen-bond donors (Lipinski definition) is 2. The fraction of sp³-hybridized carbons (Fsp3) is 0.464. The molecule has 2 saturated heterocycles. The number of nitrogens with zero attached hydrogens (tertiary/aromatic N) is 5. The van der Waals surface area contributed by atoms with Gasteiger partial charge in [-0.15, -0.1) is 0 Å². The molecule has 3 N–H and O–H groups in total. The van der Waals surface area contributed by atoms with E-state index < -0.39 is 36.5 Å². The summed E-state index contributed by atoms with van der Waals surface area (Å²) in [7, 11) is 5.01. The van der Waals surface area contributed by atoms with Gasteiger partial charge in [-0.05, 0) is 38.3 Å². The number of carboxylic acids is 1. The van der Waals surface area contributed by atoms with Crippen LogP contribution in [0.1, 0.15) is 26.7 Å². The largest absolute Gasteiger partial charge is 0.478 e. The van der Waals surface area contributed by atoms with E-state index in [-0.39, 0.29) is 5.70 Å². The molecular formula is C28H39FN6O6. The number of ether oxygens (including phenoxy) is 2. The van der Waals surface area contributed by atoms with Crippen LogP contribution in [0.15, 0.2) is 69.0 Å². The maximum absolute atomic E-state index is 15.2. The molecule has 0 aromatic rings. The zero-order valence-electron chi connectivity index (χ0n) is 24.2. The van der Waals surface area contributed by atoms with Crippen LogP contribution in [0.3, 0.4) is 0 Å². The molecule has 0 aromatic carbocycles. The summed E-state index contributed by atoms with van der Waals surface area (Å²) < 4.78 is 24.5. The molecule has 224 valence electrons. The second kappa shape index (κ2) is 15.5. The Balaban J connectivity index is 2.24. The zero-order chi connectivity index (χ0) is 30.7. The highest BCUT2D eigenvalue weighted by atomic mass is 19.1. The summed E-state index contributed by atoms with van der Waals surface area (Å²) >= 11 is 0. The molecule has 2 fully saturated rings. The lowest BCUT2D eigenvalue weighted by atomic mass is 10.0. The van der Waals surface area contributed by atoms with Crippen LogP contribution < -0.4 is 5.73 Å². The van der Waals surface area contributed by atoms with E-state index in [2.05, 4.69) is 38.1 Å². The predicted molar refractivity (Wildman–Crippen MR) is 154 cm³/mol. The lowest BCUT2D eigenvalue weighted by molar-refractivity contribution is -0.146. The van der Waals surface area contributed by atoms with Crippen molar-refractivity contribution in [2.24, 2.45) is 21.6 Å². The minimum absolute atomic E-state index is 0.235. The minimum atomic E-state index is -1.35. The number of fused-ring (bicyclic) bond motifs is 1. The molecule has 0 aliphatic carbocycles. The molecule has 2 heterocycles. The molecule has 12 nitrogen and oxygen atoms in total. The Bertz CT molecular complexity index is 1200. The molecule has 2 atom stereocenters. The zero-order valence-corrected chi connectivity index (χ0v) is 24.2. The van der Waals surface area contributed by atoms with Crippen LogP contribution in [0.25, 0.3) is 0 Å². The van der Waals surface area contributed by atoms with Crippen LogP contribution in [0.2, 0.25) is 0 Å². The molecule has 0 spiro atoms. The standard InChI is InChI=1S/C28H39FN6O6/c1-7-19(13-31-4)21(22(8-2)35-12-11-20-15-33(5)16-23(20)35)14-32-27(29)26(30)18(3)34(6)28(39)41-17-40-25(38)10-9-24(36)37/h7,9-10,13-14,20,23H,3,8,11-12,15-17,30H2,1-2,4-6H3,(H,36,37)/b10-9+,19-7+,22-21?,27-26?,31-13-,32-14?/t20-,23+/m0/s1. The molecule has 41 heavy (non-hydrogen) atoms. The molecule has 2 aliphatic rings. The normalized spacial score (nSPS) is 20.8. The number of hydrogen-bond acceptors (Lipinski definition) is 10. The second-order valence-corrected chi connectivity index (χ2v) is 9.51. The lowest BCUT2D eigenvalue weighted by Crippen LogP contribution is -2.34. The number of nitrogens with two attached hydrogens (primary N) is 1. The van der Waals surface area contributed by atoms with Gasteiger partial charge in [-0.1, -0.05) is 19.6 Å². The molecular weight excluding hydrogens is 535 g/mol. The van der Waals surface area contributed by atoms with Crippen molar-refractivity contribution < 1.29 is 33.4 Å². The molecule has 2 aliphatic heterocycles. The van der Waals surface area contributed by atoms with E-state index in [1.807, 2.05) is 19.9 Å². The average Bonchev–Trinajstić information content (AvgIpc) is 3.50. The molecule has 0 aromatic heterocycles. The number of amides is 1. The van der Waals surface area contributed by atoms with Gasteiger partial charge < -0.3 is 30.1 Å². The third-order valence-corrected chi connectivity index (χ3v) is 6.88. The number of likely N-dealkylation sites (tertiary alicyclic amines) is 2. The second-order valence-electron chi connectivity index (χ2n) is 9.51. The number of aliphatic imine (C=N–C) groups is 2. The van der Waals surface area contributed by atoms with Crippen molar-refractivity contribution in [3.63, 3.8) is 0 Å². The van der Waals surface area contributed by atoms with E-state index in [0.29, 0.717) is 30.5 Å². The van der Waals surface area contributed by atoms with Crippen LogP contribution >= 0.6 is 0 Å². The number of rotatable bonds is 12. The van der Waals surface area contributed by atoms with Crippen LogP contribution in [-0.2, 0) is 19.1 Å². The van der Waals surface area contributed by atoms with E-state index >= 15 is 4.39 Å². The Morgan fingerprint density at radius 3 is 2.54 bits per heavy atom. The van der Waals surface area contributed by atoms with E-state index in [1.54, 1.807) is 13.3 Å². The molecule has 0 unspecified atom stereocenters. The molecule has 0 saturated carbocycles. The fourth-order valence-electron chi connectivity index (χ4n) is 4.83. The maximum atomic E-state index is 15.2. The molecule has 13 heteroatoms. The number of carboxylic acid groups (broad SMARTS) is 1. The molecule has 1 amide bonds. The van der Waals surface area contributed by atoms with Crippen LogP contribution in [0.4, 0.5) is 9.18 Å². The Hall–Kier alpha value is -4.26. The highest BCUT2D eigenvalue weighted by molar-refractivity contribution is 5.99. The summed E-state index contributed by atoms with van der Waals surface area (Å²) in [6, 6.07) is 0.368. The SMILES string of the molecule is C=C(C(N)=C(F)N=CC(=C(CC)N1CC[C@H]2CN(C)C[C@H]21)C(/C=N\C)=C/C)N(C)C(=O)OCOC(=O)/C=C/C(=O)O. The first-order valence-electron chi connectivity index (χ1n) is 13.1. The maximum Gasteiger partial charge on any atom is 0.416 e. The van der Waals surface area contributed by atoms with Crippen molar-refractivity contribution in [2.75, 3.05) is 47.6 Å². The highest BCUT2D eigenvalue weighted by Crippen LogP contribution is 2.36. The van der Waals surface area contributed by atoms with Crippen molar-refractivity contribution in [1.29, 1.82) is 0 Å². The highest BCUT2D eigenvalue weighted by Gasteiger charge is 2.41. The van der Waals surface area contributed by atoms with Crippen molar-refractivity contribution >= 4 is 30.5 Å². The van der Waals surface area contributed by atoms with E-state index in [4.69, 9.17) is 15.6 Å². The summed E-state index contributed by atoms with van der Waals surface area (Å²) in [4.78, 5) is 47.8. The predicted octanol–water partition coefficient (Wildman–Crippen LogP) is 2.83. The summed E-state index contributed by atoms with van der Waals surface area (Å²) in [5.74, 6) is -2.86. The number of likely N-dealkylation sites (N-methyl/N-ethyl adjacent to an activating group) is 2. The van der Waals surface area contributed by atoms with Crippen molar-refractivity contribution in [1.82, 2.24) is 14.7 Å². The Kier molecular flexibility index (Phi) is 12.5. The third-order valence-electron chi connectivity index (χ3n) is 6.88. The number of aliphatic carboxylic acids is 1. The lowest BCUT2D eigenvalue weighted by Gasteiger charge is -2.30. The third kappa shape index (κ3) is 8.87. The fourth-order valence-corrected chi connectivity index (χ4v) is 4.83. The topological polar surface area (TPSA) is 150 Å². The summed E-state index contributed by atoms with van der Waals surface area (Å²) in [5, 5.41) is 8.50. The van der Waals surface area contributed by atoms with Gasteiger partial charge in [0, 0.05) is 75.6 Å². The quantitative estimate of drug-likeness (QED) is 0.0896. The Morgan fingerprint density at radius 1 is 1.22 bits per heavy atom. The van der Waals surface area contributed by atoms with Gasteiger partial charge in [-0.2, -0.15) is 4.39 Å². The number of carbonyl (C=O) groups is 3. The van der Waals surface area contributed by atoms with E-state index in [0.717, 1.165) is 47.8 Å². The number of halogens is 1. The molecule has 0 radical (unpaired) electrons. The monoisotopic (exact) mass is 574 g/mol. The first kappa shape index (κ1) is 32.9. The van der Waals surface area contributed by atoms with Crippen LogP contribution in [0, 0.1) is 5.92 Å². The first-order chi connectivity index (χ1) is 19.4. The first-order valence-corrected chi connectivity index (χ1v) is 13.1. The minimum Gasteiger partial charge on any atom is -0.478 e. The van der Waals surface area contributed by atoms with E-state index in [9.17, 15) is 14.4 Å². The Morgan fingerprint density at radius 2 is 1.93 bits per heavy atom. The van der Waals surface area contributed by atoms with Gasteiger partial charge in [0.15, 0.2) is 0 Å². The van der Waals surface area contributed by atoms with Crippen LogP contribution in [0.5, 0.6) is 0 Å². The number of carbonyl (C=O) groups excluding carboxylic acids is 2. The summed E-state index contributed by atoms with van der Waals surface area (Å²) in [6.07, 6.45) is 6.96. The van der Waals surface area contributed by atoms with Crippen LogP contribution in [-0.4, -0.2) is 104 Å². The van der Waals surface area contributed by atoms with E-state index in [1.165, 1.54) is 13.3 Å². The Labute approximate surface area is 239 Å².